The lowest BCUT2D eigenvalue weighted by atomic mass is 10.1. The van der Waals surface area contributed by atoms with Gasteiger partial charge in [0.15, 0.2) is 23.8 Å². The van der Waals surface area contributed by atoms with Crippen molar-refractivity contribution in [3.63, 3.8) is 0 Å². The maximum atomic E-state index is 14.4. The van der Waals surface area contributed by atoms with Crippen LogP contribution in [0, 0.1) is 19.3 Å². The highest BCUT2D eigenvalue weighted by molar-refractivity contribution is 8.10. The van der Waals surface area contributed by atoms with Crippen molar-refractivity contribution in [3.05, 3.63) is 143 Å². The van der Waals surface area contributed by atoms with E-state index in [2.05, 4.69) is 5.92 Å². The van der Waals surface area contributed by atoms with E-state index in [9.17, 15) is 21.0 Å². The Morgan fingerprint density at radius 1 is 0.767 bits per heavy atom. The topological polar surface area (TPSA) is 85.3 Å². The fourth-order valence-electron chi connectivity index (χ4n) is 4.66. The summed E-state index contributed by atoms with van der Waals surface area (Å²) in [5.74, 6) is 2.43. The summed E-state index contributed by atoms with van der Waals surface area (Å²) in [5, 5.41) is 0. The van der Waals surface area contributed by atoms with E-state index in [1.54, 1.807) is 60.7 Å². The Balaban J connectivity index is 1.89. The first-order valence-electron chi connectivity index (χ1n) is 13.6. The van der Waals surface area contributed by atoms with Crippen molar-refractivity contribution in [1.29, 1.82) is 0 Å². The molecule has 1 unspecified atom stereocenters. The van der Waals surface area contributed by atoms with Gasteiger partial charge < -0.3 is 0 Å². The average molecular weight is 629 g/mol. The van der Waals surface area contributed by atoms with Crippen LogP contribution in [0.5, 0.6) is 0 Å². The fraction of sp³-hybridized carbons (Fsp3) is 0.143. The molecule has 0 saturated carbocycles. The van der Waals surface area contributed by atoms with Gasteiger partial charge in [0.2, 0.25) is 0 Å². The van der Waals surface area contributed by atoms with Crippen LogP contribution in [0.25, 0.3) is 6.08 Å². The highest BCUT2D eigenvalue weighted by Crippen LogP contribution is 2.42. The van der Waals surface area contributed by atoms with Crippen LogP contribution in [0.4, 0.5) is 0 Å². The van der Waals surface area contributed by atoms with Crippen LogP contribution in [-0.4, -0.2) is 25.1 Å². The summed E-state index contributed by atoms with van der Waals surface area (Å²) in [6.45, 7) is 1.93. The molecule has 0 bridgehead atoms. The minimum atomic E-state index is -4.50. The normalized spacial score (nSPS) is 13.4. The summed E-state index contributed by atoms with van der Waals surface area (Å²) >= 11 is 0. The van der Waals surface area contributed by atoms with E-state index >= 15 is 0 Å². The second-order valence-electron chi connectivity index (χ2n) is 9.89. The van der Waals surface area contributed by atoms with E-state index < -0.39 is 41.0 Å². The average Bonchev–Trinajstić information content (AvgIpc) is 3.03. The van der Waals surface area contributed by atoms with Gasteiger partial charge in [-0.05, 0) is 67.5 Å². The first-order valence-corrected chi connectivity index (χ1v) is 17.7. The second-order valence-corrected chi connectivity index (χ2v) is 16.2. The number of aryl methyl sites for hydroxylation is 1. The minimum Gasteiger partial charge on any atom is -0.249 e. The standard InChI is InChI=1S/C35H32O5S3/c1-3-4-26-35(42(37,38)33-18-10-6-11-19-33,43(39,40)34-20-12-7-13-21-34)27-14-17-32(28-30-15-8-5-9-16-30)41(36)31-24-22-29(2)23-25-31/h1,5-25,28H,4,26-27H2,2H3/b17-14+,32-28-. The van der Waals surface area contributed by atoms with E-state index in [0.29, 0.717) is 9.80 Å². The molecule has 220 valence electrons. The lowest BCUT2D eigenvalue weighted by Gasteiger charge is -2.32. The van der Waals surface area contributed by atoms with Crippen molar-refractivity contribution < 1.29 is 21.0 Å². The van der Waals surface area contributed by atoms with Gasteiger partial charge in [0.05, 0.1) is 20.6 Å². The van der Waals surface area contributed by atoms with Crippen molar-refractivity contribution in [2.24, 2.45) is 0 Å². The zero-order chi connectivity index (χ0) is 30.9. The number of hydrogen-bond acceptors (Lipinski definition) is 5. The number of allylic oxidation sites excluding steroid dienone is 2. The zero-order valence-corrected chi connectivity index (χ0v) is 26.1. The van der Waals surface area contributed by atoms with E-state index in [4.69, 9.17) is 6.42 Å². The molecule has 0 aliphatic carbocycles. The van der Waals surface area contributed by atoms with E-state index in [0.717, 1.165) is 11.1 Å². The number of benzene rings is 4. The van der Waals surface area contributed by atoms with Crippen LogP contribution in [-0.2, 0) is 30.5 Å². The molecular weight excluding hydrogens is 597 g/mol. The van der Waals surface area contributed by atoms with Crippen LogP contribution in [0.3, 0.4) is 0 Å². The fourth-order valence-corrected chi connectivity index (χ4v) is 10.8. The van der Waals surface area contributed by atoms with Crippen molar-refractivity contribution >= 4 is 36.6 Å². The molecule has 0 amide bonds. The molecule has 4 aromatic carbocycles. The Hall–Kier alpha value is -4.03. The van der Waals surface area contributed by atoms with Crippen molar-refractivity contribution in [2.75, 3.05) is 0 Å². The third-order valence-electron chi connectivity index (χ3n) is 7.01. The molecule has 0 aromatic heterocycles. The van der Waals surface area contributed by atoms with Gasteiger partial charge in [-0.25, -0.2) is 21.0 Å². The minimum absolute atomic E-state index is 0.0893. The Bertz CT molecular complexity index is 1800. The summed E-state index contributed by atoms with van der Waals surface area (Å²) in [5.41, 5.74) is 1.80. The van der Waals surface area contributed by atoms with Gasteiger partial charge in [0.1, 0.15) is 0 Å². The molecule has 0 spiro atoms. The Kier molecular flexibility index (Phi) is 10.4. The Morgan fingerprint density at radius 2 is 1.26 bits per heavy atom. The molecule has 0 aliphatic heterocycles. The molecule has 5 nitrogen and oxygen atoms in total. The number of rotatable bonds is 12. The van der Waals surface area contributed by atoms with Crippen LogP contribution >= 0.6 is 0 Å². The van der Waals surface area contributed by atoms with Gasteiger partial charge in [-0.1, -0.05) is 90.5 Å². The lowest BCUT2D eigenvalue weighted by molar-refractivity contribution is 0.525. The van der Waals surface area contributed by atoms with Crippen LogP contribution in [0.2, 0.25) is 0 Å². The lowest BCUT2D eigenvalue weighted by Crippen LogP contribution is -2.46. The third-order valence-corrected chi connectivity index (χ3v) is 14.2. The summed E-state index contributed by atoms with van der Waals surface area (Å²) in [7, 11) is -10.6. The predicted octanol–water partition coefficient (Wildman–Crippen LogP) is 7.15. The number of terminal acetylenes is 1. The number of sulfone groups is 2. The Morgan fingerprint density at radius 3 is 1.74 bits per heavy atom. The molecule has 0 N–H and O–H groups in total. The Labute approximate surface area is 257 Å². The SMILES string of the molecule is C#CCCC(C/C=C/C(=C/c1ccccc1)S(=O)c1ccc(C)cc1)(S(=O)(=O)c1ccccc1)S(=O)(=O)c1ccccc1. The van der Waals surface area contributed by atoms with E-state index in [1.165, 1.54) is 30.3 Å². The molecule has 0 radical (unpaired) electrons. The third kappa shape index (κ3) is 6.97. The zero-order valence-electron chi connectivity index (χ0n) is 23.7. The van der Waals surface area contributed by atoms with Crippen LogP contribution in [0.1, 0.15) is 30.4 Å². The second kappa shape index (κ2) is 14.0. The van der Waals surface area contributed by atoms with Crippen LogP contribution in [0.15, 0.2) is 147 Å². The van der Waals surface area contributed by atoms with E-state index in [-0.39, 0.29) is 22.6 Å². The van der Waals surface area contributed by atoms with Gasteiger partial charge in [-0.2, -0.15) is 0 Å². The molecule has 1 atom stereocenters. The smallest absolute Gasteiger partial charge is 0.199 e. The van der Waals surface area contributed by atoms with Crippen LogP contribution < -0.4 is 0 Å². The summed E-state index contributed by atoms with van der Waals surface area (Å²) in [6.07, 6.45) is 9.51. The molecule has 43 heavy (non-hydrogen) atoms. The molecule has 4 aromatic rings. The predicted molar refractivity (Wildman–Crippen MR) is 174 cm³/mol. The van der Waals surface area contributed by atoms with Gasteiger partial charge in [-0.3, -0.25) is 0 Å². The maximum absolute atomic E-state index is 14.4. The summed E-state index contributed by atoms with van der Waals surface area (Å²) in [6, 6.07) is 31.6. The quantitative estimate of drug-likeness (QED) is 0.123. The first-order chi connectivity index (χ1) is 20.6. The first kappa shape index (κ1) is 31.9. The molecular formula is C35H32O5S3. The van der Waals surface area contributed by atoms with Gasteiger partial charge in [0, 0.05) is 22.6 Å². The monoisotopic (exact) mass is 628 g/mol. The number of hydrogen-bond donors (Lipinski definition) is 0. The van der Waals surface area contributed by atoms with Crippen molar-refractivity contribution in [2.45, 2.75) is 45.0 Å². The molecule has 0 saturated heterocycles. The van der Waals surface area contributed by atoms with Gasteiger partial charge >= 0.3 is 0 Å². The van der Waals surface area contributed by atoms with E-state index in [1.807, 2.05) is 49.4 Å². The molecule has 8 heteroatoms. The highest BCUT2D eigenvalue weighted by atomic mass is 32.3. The van der Waals surface area contributed by atoms with Gasteiger partial charge in [0.25, 0.3) is 0 Å². The molecule has 0 heterocycles. The summed E-state index contributed by atoms with van der Waals surface area (Å²) in [4.78, 5) is 0.700. The molecule has 0 aliphatic rings. The molecule has 4 rings (SSSR count). The molecule has 0 fully saturated rings. The van der Waals surface area contributed by atoms with Gasteiger partial charge in [-0.15, -0.1) is 12.3 Å². The largest absolute Gasteiger partial charge is 0.249 e. The highest BCUT2D eigenvalue weighted by Gasteiger charge is 2.54. The van der Waals surface area contributed by atoms with Crippen molar-refractivity contribution in [1.82, 2.24) is 0 Å². The van der Waals surface area contributed by atoms with Crippen molar-refractivity contribution in [3.8, 4) is 12.3 Å². The maximum Gasteiger partial charge on any atom is 0.199 e. The summed E-state index contributed by atoms with van der Waals surface area (Å²) < 4.78 is 68.9.